The van der Waals surface area contributed by atoms with E-state index in [0.717, 1.165) is 22.9 Å². The lowest BCUT2D eigenvalue weighted by molar-refractivity contribution is -0.106. The van der Waals surface area contributed by atoms with Crippen LogP contribution in [0.15, 0.2) is 42.5 Å². The summed E-state index contributed by atoms with van der Waals surface area (Å²) in [6, 6.07) is 11.3. The van der Waals surface area contributed by atoms with Gasteiger partial charge in [-0.3, -0.25) is 4.79 Å². The van der Waals surface area contributed by atoms with Gasteiger partial charge in [-0.2, -0.15) is 0 Å². The molecule has 1 N–H and O–H groups in total. The molecule has 0 saturated carbocycles. The molecule has 0 bridgehead atoms. The van der Waals surface area contributed by atoms with E-state index in [-0.39, 0.29) is 0 Å². The number of halogens is 1. The number of carbonyl (C=O) groups excluding carboxylic acids is 2. The van der Waals surface area contributed by atoms with Gasteiger partial charge in [0, 0.05) is 17.8 Å². The zero-order valence-corrected chi connectivity index (χ0v) is 13.8. The first-order valence-corrected chi connectivity index (χ1v) is 7.75. The van der Waals surface area contributed by atoms with Crippen LogP contribution in [-0.2, 0) is 4.79 Å². The molecule has 3 amide bonds. The van der Waals surface area contributed by atoms with Gasteiger partial charge < -0.3 is 15.0 Å². The molecule has 0 unspecified atom stereocenters. The minimum Gasteiger partial charge on any atom is -0.490 e. The molecule has 0 spiro atoms. The molecule has 1 aliphatic rings. The van der Waals surface area contributed by atoms with Gasteiger partial charge in [-0.1, -0.05) is 17.7 Å². The maximum atomic E-state index is 12.4. The monoisotopic (exact) mass is 345 g/mol. The minimum atomic E-state index is -0.563. The second-order valence-corrected chi connectivity index (χ2v) is 5.77. The predicted octanol–water partition coefficient (Wildman–Crippen LogP) is 3.36. The number of nitrogens with zero attached hydrogens (tertiary/aromatic N) is 2. The Morgan fingerprint density at radius 2 is 2.17 bits per heavy atom. The number of likely N-dealkylation sites (N-methyl/N-ethyl adjacent to an activating group) is 1. The van der Waals surface area contributed by atoms with Gasteiger partial charge >= 0.3 is 6.03 Å². The van der Waals surface area contributed by atoms with Gasteiger partial charge in [0.15, 0.2) is 0 Å². The molecule has 6 nitrogen and oxygen atoms in total. The van der Waals surface area contributed by atoms with E-state index in [1.165, 1.54) is 0 Å². The topological polar surface area (TPSA) is 61.9 Å². The second-order valence-electron chi connectivity index (χ2n) is 5.34. The van der Waals surface area contributed by atoms with E-state index in [2.05, 4.69) is 5.32 Å². The fourth-order valence-corrected chi connectivity index (χ4v) is 2.66. The van der Waals surface area contributed by atoms with Crippen molar-refractivity contribution >= 4 is 41.1 Å². The quantitative estimate of drug-likeness (QED) is 0.866. The van der Waals surface area contributed by atoms with Crippen LogP contribution in [0.2, 0.25) is 5.02 Å². The van der Waals surface area contributed by atoms with E-state index in [9.17, 15) is 9.59 Å². The summed E-state index contributed by atoms with van der Waals surface area (Å²) >= 11 is 5.90. The van der Waals surface area contributed by atoms with Crippen LogP contribution in [-0.4, -0.2) is 32.6 Å². The Labute approximate surface area is 144 Å². The van der Waals surface area contributed by atoms with E-state index in [1.54, 1.807) is 42.5 Å². The Hall–Kier alpha value is -2.73. The van der Waals surface area contributed by atoms with Gasteiger partial charge in [0.1, 0.15) is 12.4 Å². The summed E-state index contributed by atoms with van der Waals surface area (Å²) in [7, 11) is 1.93. The van der Waals surface area contributed by atoms with Crippen LogP contribution >= 0.6 is 11.6 Å². The van der Waals surface area contributed by atoms with Crippen LogP contribution in [0.3, 0.4) is 0 Å². The number of amides is 3. The lowest BCUT2D eigenvalue weighted by atomic mass is 10.2. The summed E-state index contributed by atoms with van der Waals surface area (Å²) in [6.07, 6.45) is 0.477. The van der Waals surface area contributed by atoms with Crippen molar-refractivity contribution in [2.24, 2.45) is 0 Å². The van der Waals surface area contributed by atoms with Gasteiger partial charge in [0.05, 0.1) is 17.9 Å². The SMILES string of the molecule is CN1CCOc2ccc(N(C=O)C(=O)Nc3cccc(Cl)c3)cc21. The summed E-state index contributed by atoms with van der Waals surface area (Å²) in [5.41, 5.74) is 1.81. The molecule has 0 saturated heterocycles. The zero-order valence-electron chi connectivity index (χ0n) is 13.0. The number of rotatable bonds is 3. The average molecular weight is 346 g/mol. The number of ether oxygens (including phenoxy) is 1. The maximum Gasteiger partial charge on any atom is 0.332 e. The smallest absolute Gasteiger partial charge is 0.332 e. The summed E-state index contributed by atoms with van der Waals surface area (Å²) < 4.78 is 5.57. The third kappa shape index (κ3) is 3.28. The van der Waals surface area contributed by atoms with E-state index in [4.69, 9.17) is 16.3 Å². The fraction of sp³-hybridized carbons (Fsp3) is 0.176. The third-order valence-electron chi connectivity index (χ3n) is 3.72. The first-order chi connectivity index (χ1) is 11.6. The maximum absolute atomic E-state index is 12.4. The number of carbonyl (C=O) groups is 2. The first-order valence-electron chi connectivity index (χ1n) is 7.37. The van der Waals surface area contributed by atoms with Crippen LogP contribution in [0.4, 0.5) is 21.9 Å². The largest absolute Gasteiger partial charge is 0.490 e. The van der Waals surface area contributed by atoms with Crippen LogP contribution in [0.5, 0.6) is 5.75 Å². The number of benzene rings is 2. The van der Waals surface area contributed by atoms with Gasteiger partial charge in [0.2, 0.25) is 6.41 Å². The van der Waals surface area contributed by atoms with Crippen molar-refractivity contribution < 1.29 is 14.3 Å². The first kappa shape index (κ1) is 16.1. The second kappa shape index (κ2) is 6.80. The van der Waals surface area contributed by atoms with E-state index in [1.807, 2.05) is 11.9 Å². The number of imide groups is 1. The highest BCUT2D eigenvalue weighted by Gasteiger charge is 2.20. The van der Waals surface area contributed by atoms with Crippen molar-refractivity contribution in [1.29, 1.82) is 0 Å². The number of hydrogen-bond donors (Lipinski definition) is 1. The Kier molecular flexibility index (Phi) is 4.57. The Morgan fingerprint density at radius 1 is 1.33 bits per heavy atom. The average Bonchev–Trinajstić information content (AvgIpc) is 2.56. The number of anilines is 3. The molecule has 2 aromatic carbocycles. The molecule has 0 aliphatic carbocycles. The molecule has 2 aromatic rings. The number of fused-ring (bicyclic) bond motifs is 1. The molecule has 1 aliphatic heterocycles. The summed E-state index contributed by atoms with van der Waals surface area (Å²) in [6.45, 7) is 1.35. The Morgan fingerprint density at radius 3 is 2.92 bits per heavy atom. The van der Waals surface area contributed by atoms with Gasteiger partial charge in [-0.15, -0.1) is 0 Å². The third-order valence-corrected chi connectivity index (χ3v) is 3.95. The van der Waals surface area contributed by atoms with Crippen molar-refractivity contribution in [3.8, 4) is 5.75 Å². The molecule has 1 heterocycles. The number of hydrogen-bond acceptors (Lipinski definition) is 4. The highest BCUT2D eigenvalue weighted by Crippen LogP contribution is 2.34. The number of urea groups is 1. The Balaban J connectivity index is 1.84. The highest BCUT2D eigenvalue weighted by atomic mass is 35.5. The predicted molar refractivity (Wildman–Crippen MR) is 94.2 cm³/mol. The normalized spacial score (nSPS) is 12.8. The standard InChI is InChI=1S/C17H16ClN3O3/c1-20-7-8-24-16-6-5-14(10-15(16)20)21(11-22)17(23)19-13-4-2-3-12(18)9-13/h2-6,9-11H,7-8H2,1H3,(H,19,23). The van der Waals surface area contributed by atoms with Crippen LogP contribution in [0.25, 0.3) is 0 Å². The molecule has 0 aromatic heterocycles. The molecule has 124 valence electrons. The van der Waals surface area contributed by atoms with E-state index in [0.29, 0.717) is 29.4 Å². The van der Waals surface area contributed by atoms with Crippen molar-refractivity contribution in [1.82, 2.24) is 0 Å². The lowest BCUT2D eigenvalue weighted by Crippen LogP contribution is -2.34. The molecule has 0 fully saturated rings. The van der Waals surface area contributed by atoms with Crippen molar-refractivity contribution in [3.63, 3.8) is 0 Å². The summed E-state index contributed by atoms with van der Waals surface area (Å²) in [5, 5.41) is 3.15. The van der Waals surface area contributed by atoms with E-state index < -0.39 is 6.03 Å². The molecule has 3 rings (SSSR count). The summed E-state index contributed by atoms with van der Waals surface area (Å²) in [5.74, 6) is 0.730. The van der Waals surface area contributed by atoms with Crippen molar-refractivity contribution in [2.75, 3.05) is 35.3 Å². The van der Waals surface area contributed by atoms with Crippen LogP contribution in [0, 0.1) is 0 Å². The molecular formula is C17H16ClN3O3. The lowest BCUT2D eigenvalue weighted by Gasteiger charge is -2.29. The zero-order chi connectivity index (χ0) is 17.1. The van der Waals surface area contributed by atoms with Crippen LogP contribution < -0.4 is 19.9 Å². The van der Waals surface area contributed by atoms with Crippen molar-refractivity contribution in [3.05, 3.63) is 47.5 Å². The van der Waals surface area contributed by atoms with E-state index >= 15 is 0 Å². The number of nitrogens with one attached hydrogen (secondary N) is 1. The molecule has 24 heavy (non-hydrogen) atoms. The minimum absolute atomic E-state index is 0.459. The van der Waals surface area contributed by atoms with Gasteiger partial charge in [0.25, 0.3) is 0 Å². The summed E-state index contributed by atoms with van der Waals surface area (Å²) in [4.78, 5) is 26.9. The molecule has 0 radical (unpaired) electrons. The highest BCUT2D eigenvalue weighted by molar-refractivity contribution is 6.31. The van der Waals surface area contributed by atoms with Gasteiger partial charge in [-0.05, 0) is 36.4 Å². The molecule has 7 heteroatoms. The fourth-order valence-electron chi connectivity index (χ4n) is 2.46. The van der Waals surface area contributed by atoms with Gasteiger partial charge in [-0.25, -0.2) is 9.69 Å². The Bertz CT molecular complexity index is 781. The van der Waals surface area contributed by atoms with Crippen molar-refractivity contribution in [2.45, 2.75) is 0 Å². The van der Waals surface area contributed by atoms with Crippen LogP contribution in [0.1, 0.15) is 0 Å². The molecule has 0 atom stereocenters. The molecular weight excluding hydrogens is 330 g/mol.